The third kappa shape index (κ3) is 16.4. The Labute approximate surface area is 891 Å². The highest BCUT2D eigenvalue weighted by Crippen LogP contribution is 2.57. The van der Waals surface area contributed by atoms with Gasteiger partial charge in [-0.25, -0.2) is 0 Å². The molecule has 25 nitrogen and oxygen atoms in total. The minimum atomic E-state index is -1.03. The number of methoxy groups -OCH3 is 1. The van der Waals surface area contributed by atoms with Crippen LogP contribution in [0.4, 0.5) is 0 Å². The van der Waals surface area contributed by atoms with Gasteiger partial charge in [-0.3, -0.25) is 57.5 Å². The first-order chi connectivity index (χ1) is 72.0. The predicted octanol–water partition coefficient (Wildman–Crippen LogP) is 21.1. The lowest BCUT2D eigenvalue weighted by atomic mass is 9.89. The number of thiophene rings is 2. The van der Waals surface area contributed by atoms with Crippen LogP contribution in [0.5, 0.6) is 17.2 Å². The van der Waals surface area contributed by atoms with E-state index in [1.165, 1.54) is 36.5 Å². The molecule has 32 heteroatoms. The average Bonchev–Trinajstić information content (AvgIpc) is 1.54. The highest BCUT2D eigenvalue weighted by Gasteiger charge is 2.66. The van der Waals surface area contributed by atoms with E-state index in [-0.39, 0.29) is 83.3 Å². The fourth-order valence-corrected chi connectivity index (χ4v) is 25.4. The smallest absolute Gasteiger partial charge is 0.266 e. The van der Waals surface area contributed by atoms with Gasteiger partial charge in [-0.05, 0) is 177 Å². The SMILES string of the molecule is CC(=O)c1ccc(C(=O)N2CCN3C(=O)c4ccccc4C23c2ccc(Cl)cc2)s1.CC(=O)c1ccc(C(=O)N2CCN3C(=O)c4ccccc4C23c2ccc(Cl)cc2)s1.CC(C)CC(=O)N1CCN2C(=O)c3ccccc3C12c1ccc(Cl)cc1.COc1ccc(CCC(=O)N2CCN3C(=O)c4ccccc4C23c2ccc(Cl)cc2)cc1.O=C(c1ccc2c(c1)OCO2)N1CCN2C(=O)c3ccccc3C12c1ccc(Cl)cc1. The zero-order valence-corrected chi connectivity index (χ0v) is 86.6. The van der Waals surface area contributed by atoms with Crippen molar-refractivity contribution in [3.05, 3.63) is 449 Å². The lowest BCUT2D eigenvalue weighted by Crippen LogP contribution is -2.51. The van der Waals surface area contributed by atoms with Crippen molar-refractivity contribution in [2.45, 2.75) is 75.3 Å². The van der Waals surface area contributed by atoms with Crippen molar-refractivity contribution < 1.29 is 71.7 Å². The highest BCUT2D eigenvalue weighted by atomic mass is 35.5. The highest BCUT2D eigenvalue weighted by molar-refractivity contribution is 7.16. The zero-order valence-electron chi connectivity index (χ0n) is 81.2. The Morgan fingerprint density at radius 1 is 0.322 bits per heavy atom. The molecule has 750 valence electrons. The quantitative estimate of drug-likeness (QED) is 0.0814. The van der Waals surface area contributed by atoms with E-state index >= 15 is 0 Å². The summed E-state index contributed by atoms with van der Waals surface area (Å²) in [4.78, 5) is 177. The molecule has 0 saturated carbocycles. The second kappa shape index (κ2) is 39.9. The molecule has 0 radical (unpaired) electrons. The van der Waals surface area contributed by atoms with Crippen LogP contribution in [-0.4, -0.2) is 199 Å². The second-order valence-corrected chi connectivity index (χ2v) is 42.2. The normalized spacial score (nSPS) is 20.1. The van der Waals surface area contributed by atoms with Gasteiger partial charge in [0.25, 0.3) is 47.3 Å². The largest absolute Gasteiger partial charge is 0.497 e. The first-order valence-electron chi connectivity index (χ1n) is 48.7. The van der Waals surface area contributed by atoms with Gasteiger partial charge in [0.2, 0.25) is 18.6 Å². The first kappa shape index (κ1) is 99.9. The van der Waals surface area contributed by atoms with Gasteiger partial charge in [-0.15, -0.1) is 22.7 Å². The number of aryl methyl sites for hydroxylation is 1. The molecular weight excluding hydrogens is 2030 g/mol. The van der Waals surface area contributed by atoms with Gasteiger partial charge in [-0.2, -0.15) is 0 Å². The molecule has 5 unspecified atom stereocenters. The summed E-state index contributed by atoms with van der Waals surface area (Å²) in [5.41, 5.74) is 8.08. The Hall–Kier alpha value is -15.1. The van der Waals surface area contributed by atoms with E-state index in [2.05, 4.69) is 0 Å². The molecule has 12 aromatic carbocycles. The summed E-state index contributed by atoms with van der Waals surface area (Å²) >= 11 is 33.0. The summed E-state index contributed by atoms with van der Waals surface area (Å²) in [7, 11) is 1.63. The van der Waals surface area contributed by atoms with Crippen LogP contribution in [0.3, 0.4) is 0 Å². The summed E-state index contributed by atoms with van der Waals surface area (Å²) < 4.78 is 16.1. The number of rotatable bonds is 16. The summed E-state index contributed by atoms with van der Waals surface area (Å²) in [6.45, 7) is 11.7. The van der Waals surface area contributed by atoms with Crippen molar-refractivity contribution in [2.24, 2.45) is 5.92 Å². The fourth-order valence-electron chi connectivity index (χ4n) is 23.1. The molecule has 11 aliphatic rings. The Morgan fingerprint density at radius 2 is 0.604 bits per heavy atom. The topological polar surface area (TPSA) is 265 Å². The van der Waals surface area contributed by atoms with Crippen LogP contribution < -0.4 is 14.2 Å². The third-order valence-electron chi connectivity index (χ3n) is 29.4. The number of ether oxygens (including phenoxy) is 3. The zero-order chi connectivity index (χ0) is 104. The maximum Gasteiger partial charge on any atom is 0.266 e. The molecule has 11 aliphatic heterocycles. The predicted molar refractivity (Wildman–Crippen MR) is 567 cm³/mol. The maximum absolute atomic E-state index is 13.8. The number of ketones is 2. The number of carbonyl (C=O) groups is 12. The van der Waals surface area contributed by atoms with E-state index in [0.717, 1.165) is 66.9 Å². The van der Waals surface area contributed by atoms with Crippen molar-refractivity contribution in [3.63, 3.8) is 0 Å². The molecule has 13 heterocycles. The summed E-state index contributed by atoms with van der Waals surface area (Å²) in [5.74, 6) is 1.25. The molecule has 0 spiro atoms. The van der Waals surface area contributed by atoms with Crippen molar-refractivity contribution in [1.29, 1.82) is 0 Å². The number of benzene rings is 12. The van der Waals surface area contributed by atoms with Gasteiger partial charge >= 0.3 is 0 Å². The van der Waals surface area contributed by atoms with Gasteiger partial charge in [0.05, 0.1) is 26.6 Å². The summed E-state index contributed by atoms with van der Waals surface area (Å²) in [6, 6.07) is 94.0. The molecule has 0 aliphatic carbocycles. The van der Waals surface area contributed by atoms with Crippen LogP contribution >= 0.6 is 80.7 Å². The molecule has 5 atom stereocenters. The van der Waals surface area contributed by atoms with Gasteiger partial charge in [0.15, 0.2) is 51.4 Å². The number of Topliss-reactive ketones (excluding diaryl/α,β-unsaturated/α-hetero) is 2. The van der Waals surface area contributed by atoms with Crippen molar-refractivity contribution in [1.82, 2.24) is 49.0 Å². The number of amides is 10. The Morgan fingerprint density at radius 3 is 0.906 bits per heavy atom. The number of hydrogen-bond acceptors (Lipinski definition) is 17. The number of nitrogens with zero attached hydrogens (tertiary/aromatic N) is 10. The van der Waals surface area contributed by atoms with Crippen LogP contribution in [0.15, 0.2) is 309 Å². The summed E-state index contributed by atoms with van der Waals surface area (Å²) in [6.07, 6.45) is 1.43. The van der Waals surface area contributed by atoms with Crippen LogP contribution in [0.1, 0.15) is 203 Å². The van der Waals surface area contributed by atoms with E-state index in [1.54, 1.807) is 128 Å². The molecule has 2 aromatic heterocycles. The van der Waals surface area contributed by atoms with Crippen molar-refractivity contribution >= 4 is 151 Å². The minimum Gasteiger partial charge on any atom is -0.497 e. The van der Waals surface area contributed by atoms with Crippen LogP contribution in [-0.2, 0) is 44.3 Å². The number of carbonyl (C=O) groups excluding carboxylic acids is 12. The van der Waals surface area contributed by atoms with Crippen molar-refractivity contribution in [2.75, 3.05) is 79.4 Å². The standard InChI is InChI=1S/C26H23ClN2O3.C24H17ClN2O4.2C23H17ClN2O3S.C21H21ClN2O2/c1-32-21-13-6-18(7-14-21)8-15-24(30)28-16-17-29-25(31)22-4-2-3-5-23(22)26(28,29)19-9-11-20(27)12-10-19;25-17-8-6-16(7-9-17)24-19-4-2-1-3-18(19)23(29)27(24)12-11-26(24)22(28)15-5-10-20-21(13-15)31-14-30-20;2*1-14(27)19-10-11-20(30-19)22(29)26-13-12-25-21(28)17-4-2-3-5-18(17)23(25,26)15-6-8-16(24)9-7-15;1-14(2)13-19(25)23-11-12-24-20(26)17-5-3-4-6-18(17)21(23,24)15-7-9-16(22)10-8-15/h2-7,9-14H,8,15-17H2,1H3;1-10,13H,11-12,14H2;2*2-11H,12-13H2,1H3;3-10,14H,11-13H2,1-2H3. The fraction of sp³-hybridized carbons (Fsp3) is 0.214. The molecule has 10 amide bonds. The van der Waals surface area contributed by atoms with E-state index in [9.17, 15) is 57.5 Å². The molecular formula is C117H95Cl5N10O15S2. The maximum atomic E-state index is 13.8. The van der Waals surface area contributed by atoms with E-state index in [0.29, 0.717) is 174 Å². The van der Waals surface area contributed by atoms with Gasteiger partial charge in [-0.1, -0.05) is 236 Å². The molecule has 0 bridgehead atoms. The Balaban J connectivity index is 0.000000109. The Bertz CT molecular complexity index is 7620. The molecule has 149 heavy (non-hydrogen) atoms. The molecule has 5 saturated heterocycles. The number of halogens is 5. The average molecular weight is 2120 g/mol. The van der Waals surface area contributed by atoms with Crippen LogP contribution in [0, 0.1) is 5.92 Å². The van der Waals surface area contributed by atoms with Gasteiger partial charge in [0.1, 0.15) is 5.75 Å². The lowest BCUT2D eigenvalue weighted by Gasteiger charge is -2.40. The van der Waals surface area contributed by atoms with Crippen LogP contribution in [0.25, 0.3) is 0 Å². The Kier molecular flexibility index (Phi) is 26.7. The lowest BCUT2D eigenvalue weighted by molar-refractivity contribution is -0.137. The van der Waals surface area contributed by atoms with Crippen LogP contribution in [0.2, 0.25) is 25.1 Å². The van der Waals surface area contributed by atoms with Gasteiger partial charge in [0, 0.05) is 192 Å². The van der Waals surface area contributed by atoms with E-state index in [4.69, 9.17) is 72.2 Å². The first-order valence-corrected chi connectivity index (χ1v) is 52.2. The third-order valence-corrected chi connectivity index (χ3v) is 33.0. The molecule has 25 rings (SSSR count). The second-order valence-electron chi connectivity index (χ2n) is 37.8. The molecule has 0 N–H and O–H groups in total. The van der Waals surface area contributed by atoms with Gasteiger partial charge < -0.3 is 63.2 Å². The van der Waals surface area contributed by atoms with Crippen molar-refractivity contribution in [3.8, 4) is 17.2 Å². The number of fused-ring (bicyclic) bond motifs is 16. The minimum absolute atomic E-state index is 0.0165. The molecule has 14 aromatic rings. The monoisotopic (exact) mass is 2120 g/mol. The number of hydrogen-bond donors (Lipinski definition) is 0. The van der Waals surface area contributed by atoms with E-state index in [1.807, 2.05) is 252 Å². The van der Waals surface area contributed by atoms with E-state index < -0.39 is 28.3 Å². The molecule has 5 fully saturated rings. The summed E-state index contributed by atoms with van der Waals surface area (Å²) in [5, 5.41) is 3.01.